The van der Waals surface area contributed by atoms with Gasteiger partial charge in [0.05, 0.1) is 25.8 Å². The van der Waals surface area contributed by atoms with Gasteiger partial charge < -0.3 is 18.9 Å². The Kier molecular flexibility index (Phi) is 10.8. The van der Waals surface area contributed by atoms with Crippen molar-refractivity contribution in [2.45, 2.75) is 19.3 Å². The Morgan fingerprint density at radius 3 is 1.36 bits per heavy atom. The van der Waals surface area contributed by atoms with E-state index in [0.29, 0.717) is 22.6 Å². The molecular formula is C51H40N2O6S2. The van der Waals surface area contributed by atoms with E-state index in [4.69, 9.17) is 28.9 Å². The van der Waals surface area contributed by atoms with Gasteiger partial charge in [0.1, 0.15) is 47.9 Å². The van der Waals surface area contributed by atoms with Crippen LogP contribution < -0.4 is 9.47 Å². The highest BCUT2D eigenvalue weighted by Crippen LogP contribution is 2.57. The lowest BCUT2D eigenvalue weighted by molar-refractivity contribution is -0.140. The van der Waals surface area contributed by atoms with Gasteiger partial charge in [-0.3, -0.25) is 0 Å². The Bertz CT molecular complexity index is 2780. The lowest BCUT2D eigenvalue weighted by Crippen LogP contribution is -2.28. The van der Waals surface area contributed by atoms with Gasteiger partial charge in [-0.25, -0.2) is 19.6 Å². The number of carbonyl (C=O) groups is 2. The van der Waals surface area contributed by atoms with Crippen molar-refractivity contribution in [3.63, 3.8) is 0 Å². The molecule has 8 nitrogen and oxygen atoms in total. The second-order valence-electron chi connectivity index (χ2n) is 14.8. The Labute approximate surface area is 361 Å². The van der Waals surface area contributed by atoms with Crippen LogP contribution in [0.3, 0.4) is 0 Å². The second-order valence-corrected chi connectivity index (χ2v) is 16.9. The smallest absolute Gasteiger partial charge is 0.333 e. The van der Waals surface area contributed by atoms with Gasteiger partial charge in [-0.15, -0.1) is 22.7 Å². The number of benzene rings is 6. The largest absolute Gasteiger partial charge is 0.490 e. The first-order valence-electron chi connectivity index (χ1n) is 19.8. The van der Waals surface area contributed by atoms with Gasteiger partial charge in [0, 0.05) is 22.3 Å². The number of fused-ring (bicyclic) bond motifs is 5. The molecule has 1 aliphatic carbocycles. The SMILES string of the molecule is C=C(C)C(=O)OCCOc1ccc(-c2nc3ccc(C4(c5ccc6nc(-c7ccc(OCCOC(=O)C(=C)C)cc7)sc6c5)c5ccccc5-c5ccccc54)cc3s2)cc1. The van der Waals surface area contributed by atoms with Crippen molar-refractivity contribution >= 4 is 55.0 Å². The lowest BCUT2D eigenvalue weighted by atomic mass is 9.67. The molecule has 0 fully saturated rings. The molecule has 9 rings (SSSR count). The molecule has 0 aliphatic heterocycles. The maximum Gasteiger partial charge on any atom is 0.333 e. The van der Waals surface area contributed by atoms with E-state index in [1.165, 1.54) is 22.3 Å². The van der Waals surface area contributed by atoms with Gasteiger partial charge in [-0.1, -0.05) is 73.8 Å². The third-order valence-corrected chi connectivity index (χ3v) is 12.8. The predicted octanol–water partition coefficient (Wildman–Crippen LogP) is 11.6. The Balaban J connectivity index is 1.03. The van der Waals surface area contributed by atoms with Crippen LogP contribution >= 0.6 is 22.7 Å². The molecule has 10 heteroatoms. The molecule has 0 atom stereocenters. The average molecular weight is 841 g/mol. The summed E-state index contributed by atoms with van der Waals surface area (Å²) in [6, 6.07) is 46.6. The van der Waals surface area contributed by atoms with E-state index in [1.807, 2.05) is 48.5 Å². The molecule has 2 aromatic heterocycles. The van der Waals surface area contributed by atoms with Crippen molar-refractivity contribution in [3.05, 3.63) is 180 Å². The van der Waals surface area contributed by atoms with E-state index in [2.05, 4.69) is 98.1 Å². The number of hydrogen-bond donors (Lipinski definition) is 0. The highest BCUT2D eigenvalue weighted by atomic mass is 32.1. The summed E-state index contributed by atoms with van der Waals surface area (Å²) in [4.78, 5) is 33.5. The number of esters is 2. The molecule has 0 saturated heterocycles. The Hall–Kier alpha value is -6.88. The monoisotopic (exact) mass is 840 g/mol. The van der Waals surface area contributed by atoms with Crippen LogP contribution in [0.1, 0.15) is 36.1 Å². The number of ether oxygens (including phenoxy) is 4. The molecule has 0 radical (unpaired) electrons. The van der Waals surface area contributed by atoms with Gasteiger partial charge in [-0.2, -0.15) is 0 Å². The molecule has 61 heavy (non-hydrogen) atoms. The van der Waals surface area contributed by atoms with E-state index in [-0.39, 0.29) is 26.4 Å². The molecule has 0 spiro atoms. The minimum atomic E-state index is -0.598. The molecule has 0 N–H and O–H groups in total. The van der Waals surface area contributed by atoms with Gasteiger partial charge >= 0.3 is 11.9 Å². The zero-order chi connectivity index (χ0) is 42.1. The maximum atomic E-state index is 11.7. The van der Waals surface area contributed by atoms with Crippen molar-refractivity contribution in [1.29, 1.82) is 0 Å². The van der Waals surface area contributed by atoms with Crippen LogP contribution in [0.4, 0.5) is 0 Å². The highest BCUT2D eigenvalue weighted by molar-refractivity contribution is 7.22. The molecule has 6 aromatic carbocycles. The summed E-state index contributed by atoms with van der Waals surface area (Å²) < 4.78 is 24.1. The van der Waals surface area contributed by atoms with Gasteiger partial charge in [0.2, 0.25) is 0 Å². The minimum Gasteiger partial charge on any atom is -0.490 e. The normalized spacial score (nSPS) is 12.4. The van der Waals surface area contributed by atoms with Gasteiger partial charge in [0.15, 0.2) is 0 Å². The Morgan fingerprint density at radius 1 is 0.541 bits per heavy atom. The molecule has 302 valence electrons. The van der Waals surface area contributed by atoms with Crippen LogP contribution in [0.25, 0.3) is 52.7 Å². The first kappa shape index (κ1) is 39.6. The number of hydrogen-bond acceptors (Lipinski definition) is 10. The van der Waals surface area contributed by atoms with Crippen molar-refractivity contribution in [2.75, 3.05) is 26.4 Å². The summed E-state index contributed by atoms with van der Waals surface area (Å²) in [7, 11) is 0. The summed E-state index contributed by atoms with van der Waals surface area (Å²) in [5, 5.41) is 1.83. The fourth-order valence-electron chi connectivity index (χ4n) is 7.81. The topological polar surface area (TPSA) is 96.8 Å². The molecule has 0 bridgehead atoms. The zero-order valence-corrected chi connectivity index (χ0v) is 35.2. The highest BCUT2D eigenvalue weighted by Gasteiger charge is 2.46. The van der Waals surface area contributed by atoms with Gasteiger partial charge in [0.25, 0.3) is 0 Å². The molecule has 0 saturated carbocycles. The van der Waals surface area contributed by atoms with Crippen LogP contribution in [-0.2, 0) is 24.5 Å². The quantitative estimate of drug-likeness (QED) is 0.0607. The molecule has 1 aliphatic rings. The van der Waals surface area contributed by atoms with Crippen LogP contribution in [0.15, 0.2) is 158 Å². The summed E-state index contributed by atoms with van der Waals surface area (Å²) in [5.41, 5.74) is 11.2. The van der Waals surface area contributed by atoms with Crippen molar-refractivity contribution < 1.29 is 28.5 Å². The van der Waals surface area contributed by atoms with E-state index >= 15 is 0 Å². The summed E-state index contributed by atoms with van der Waals surface area (Å²) in [6.45, 7) is 11.2. The molecular weight excluding hydrogens is 801 g/mol. The first-order valence-corrected chi connectivity index (χ1v) is 21.5. The van der Waals surface area contributed by atoms with Crippen LogP contribution in [0, 0.1) is 0 Å². The predicted molar refractivity (Wildman–Crippen MR) is 244 cm³/mol. The van der Waals surface area contributed by atoms with E-state index < -0.39 is 17.4 Å². The summed E-state index contributed by atoms with van der Waals surface area (Å²) in [5.74, 6) is 0.518. The number of aromatic nitrogens is 2. The summed E-state index contributed by atoms with van der Waals surface area (Å²) >= 11 is 3.33. The third kappa shape index (κ3) is 7.60. The first-order chi connectivity index (χ1) is 29.7. The third-order valence-electron chi connectivity index (χ3n) is 10.7. The molecule has 2 heterocycles. The van der Waals surface area contributed by atoms with E-state index in [0.717, 1.165) is 52.7 Å². The number of carbonyl (C=O) groups excluding carboxylic acids is 2. The summed E-state index contributed by atoms with van der Waals surface area (Å²) in [6.07, 6.45) is 0. The van der Waals surface area contributed by atoms with Crippen molar-refractivity contribution in [3.8, 4) is 43.8 Å². The van der Waals surface area contributed by atoms with Crippen LogP contribution in [0.2, 0.25) is 0 Å². The van der Waals surface area contributed by atoms with Crippen molar-refractivity contribution in [2.24, 2.45) is 0 Å². The molecule has 8 aromatic rings. The molecule has 0 amide bonds. The second kappa shape index (κ2) is 16.6. The van der Waals surface area contributed by atoms with E-state index in [9.17, 15) is 9.59 Å². The number of nitrogens with zero attached hydrogens (tertiary/aromatic N) is 2. The van der Waals surface area contributed by atoms with Crippen LogP contribution in [0.5, 0.6) is 11.5 Å². The maximum absolute atomic E-state index is 11.7. The standard InChI is InChI=1S/C51H40N2O6S2/c1-31(2)49(54)58-27-25-56-37-19-13-33(14-20-37)47-52-43-23-17-35(29-45(43)60-47)51(41-11-7-5-9-39(41)40-10-6-8-12-42(40)51)36-18-24-44-46(30-36)61-48(53-44)34-15-21-38(22-16-34)57-26-28-59-50(55)32(3)4/h5-24,29-30H,1,3,25-28H2,2,4H3. The minimum absolute atomic E-state index is 0.148. The zero-order valence-electron chi connectivity index (χ0n) is 33.6. The number of rotatable bonds is 14. The number of thiazole rings is 2. The van der Waals surface area contributed by atoms with Crippen molar-refractivity contribution in [1.82, 2.24) is 9.97 Å². The fraction of sp³-hybridized carbons (Fsp3) is 0.137. The fourth-order valence-corrected chi connectivity index (χ4v) is 9.83. The van der Waals surface area contributed by atoms with Gasteiger partial charge in [-0.05, 0) is 120 Å². The Morgan fingerprint density at radius 2 is 0.951 bits per heavy atom. The van der Waals surface area contributed by atoms with Crippen LogP contribution in [-0.4, -0.2) is 48.3 Å². The van der Waals surface area contributed by atoms with E-state index in [1.54, 1.807) is 36.5 Å². The lowest BCUT2D eigenvalue weighted by Gasteiger charge is -2.33. The molecule has 0 unspecified atom stereocenters. The average Bonchev–Trinajstić information content (AvgIpc) is 3.99.